The summed E-state index contributed by atoms with van der Waals surface area (Å²) in [7, 11) is 0. The summed E-state index contributed by atoms with van der Waals surface area (Å²) in [5.41, 5.74) is 1.28. The maximum atomic E-state index is 13.4. The van der Waals surface area contributed by atoms with Gasteiger partial charge in [-0.3, -0.25) is 9.59 Å². The second-order valence-electron chi connectivity index (χ2n) is 7.56. The molecule has 0 saturated carbocycles. The molecule has 3 aromatic rings. The fraction of sp³-hybridized carbons (Fsp3) is 0.115. The van der Waals surface area contributed by atoms with Gasteiger partial charge in [0.05, 0.1) is 17.9 Å². The van der Waals surface area contributed by atoms with E-state index in [2.05, 4.69) is 5.32 Å². The zero-order chi connectivity index (χ0) is 24.9. The van der Waals surface area contributed by atoms with E-state index in [0.717, 1.165) is 21.6 Å². The molecule has 0 bridgehead atoms. The summed E-state index contributed by atoms with van der Waals surface area (Å²) in [5, 5.41) is 13.1. The molecule has 0 unspecified atom stereocenters. The number of anilines is 2. The summed E-state index contributed by atoms with van der Waals surface area (Å²) in [6.45, 7) is 2.21. The summed E-state index contributed by atoms with van der Waals surface area (Å²) in [6.07, 6.45) is 0.706. The van der Waals surface area contributed by atoms with E-state index in [1.54, 1.807) is 36.4 Å². The van der Waals surface area contributed by atoms with Crippen molar-refractivity contribution < 1.29 is 24.2 Å². The molecule has 0 saturated heterocycles. The number of aromatic hydroxyl groups is 1. The SMILES string of the molecule is CCCOC(=O)c1ccc(N2C(=O)C(Nc3ccc(O)cc3)=C(Sc3ccc(Cl)cc3)C2=O)cc1. The van der Waals surface area contributed by atoms with E-state index in [1.807, 2.05) is 6.92 Å². The number of imide groups is 1. The molecular formula is C26H21ClN2O5S. The Morgan fingerprint density at radius 1 is 0.971 bits per heavy atom. The molecule has 0 radical (unpaired) electrons. The van der Waals surface area contributed by atoms with Crippen LogP contribution in [0, 0.1) is 0 Å². The number of hydrogen-bond acceptors (Lipinski definition) is 7. The molecule has 35 heavy (non-hydrogen) atoms. The maximum absolute atomic E-state index is 13.4. The monoisotopic (exact) mass is 508 g/mol. The molecule has 1 heterocycles. The first-order valence-corrected chi connectivity index (χ1v) is 12.0. The number of carbonyl (C=O) groups excluding carboxylic acids is 3. The lowest BCUT2D eigenvalue weighted by atomic mass is 10.2. The molecular weight excluding hydrogens is 488 g/mol. The highest BCUT2D eigenvalue weighted by Crippen LogP contribution is 2.38. The number of phenolic OH excluding ortho intramolecular Hbond substituents is 1. The zero-order valence-electron chi connectivity index (χ0n) is 18.7. The third kappa shape index (κ3) is 5.50. The van der Waals surface area contributed by atoms with Gasteiger partial charge in [0.1, 0.15) is 16.4 Å². The van der Waals surface area contributed by atoms with Crippen LogP contribution in [0.1, 0.15) is 23.7 Å². The van der Waals surface area contributed by atoms with Crippen LogP contribution in [0.3, 0.4) is 0 Å². The Balaban J connectivity index is 1.65. The van der Waals surface area contributed by atoms with Gasteiger partial charge >= 0.3 is 5.97 Å². The molecule has 0 spiro atoms. The average Bonchev–Trinajstić information content (AvgIpc) is 3.09. The van der Waals surface area contributed by atoms with Crippen LogP contribution < -0.4 is 10.2 Å². The number of nitrogens with one attached hydrogen (secondary N) is 1. The topological polar surface area (TPSA) is 95.9 Å². The van der Waals surface area contributed by atoms with E-state index >= 15 is 0 Å². The van der Waals surface area contributed by atoms with Gasteiger partial charge in [0.25, 0.3) is 11.8 Å². The van der Waals surface area contributed by atoms with E-state index in [0.29, 0.717) is 35.0 Å². The third-order valence-corrected chi connectivity index (χ3v) is 6.35. The number of hydrogen-bond donors (Lipinski definition) is 2. The van der Waals surface area contributed by atoms with Gasteiger partial charge in [0.15, 0.2) is 0 Å². The molecule has 2 amide bonds. The van der Waals surface area contributed by atoms with Crippen molar-refractivity contribution in [3.8, 4) is 5.75 Å². The molecule has 0 aliphatic carbocycles. The minimum absolute atomic E-state index is 0.0771. The van der Waals surface area contributed by atoms with Gasteiger partial charge < -0.3 is 15.2 Å². The van der Waals surface area contributed by atoms with Gasteiger partial charge in [-0.25, -0.2) is 9.69 Å². The molecule has 0 atom stereocenters. The molecule has 0 aromatic heterocycles. The highest BCUT2D eigenvalue weighted by Gasteiger charge is 2.40. The summed E-state index contributed by atoms with van der Waals surface area (Å²) in [4.78, 5) is 40.9. The van der Waals surface area contributed by atoms with Crippen molar-refractivity contribution in [1.82, 2.24) is 0 Å². The van der Waals surface area contributed by atoms with Gasteiger partial charge in [0.2, 0.25) is 0 Å². The minimum atomic E-state index is -0.541. The number of ether oxygens (including phenoxy) is 1. The third-order valence-electron chi connectivity index (χ3n) is 5.01. The predicted molar refractivity (Wildman–Crippen MR) is 136 cm³/mol. The van der Waals surface area contributed by atoms with E-state index < -0.39 is 17.8 Å². The Kier molecular flexibility index (Phi) is 7.43. The lowest BCUT2D eigenvalue weighted by Gasteiger charge is -2.16. The van der Waals surface area contributed by atoms with Crippen molar-refractivity contribution in [2.45, 2.75) is 18.2 Å². The zero-order valence-corrected chi connectivity index (χ0v) is 20.2. The van der Waals surface area contributed by atoms with E-state index in [1.165, 1.54) is 36.4 Å². The second kappa shape index (κ2) is 10.7. The number of rotatable bonds is 8. The van der Waals surface area contributed by atoms with Crippen LogP contribution >= 0.6 is 23.4 Å². The van der Waals surface area contributed by atoms with Gasteiger partial charge in [-0.15, -0.1) is 0 Å². The highest BCUT2D eigenvalue weighted by atomic mass is 35.5. The van der Waals surface area contributed by atoms with Crippen LogP contribution in [0.15, 0.2) is 88.3 Å². The van der Waals surface area contributed by atoms with Crippen molar-refractivity contribution in [3.05, 3.63) is 94.0 Å². The standard InChI is InChI=1S/C26H21ClN2O5S/c1-2-15-34-26(33)16-3-9-19(10-4-16)29-24(31)22(28-18-7-11-20(30)12-8-18)23(25(29)32)35-21-13-5-17(27)6-14-21/h3-14,28,30H,2,15H2,1H3. The Morgan fingerprint density at radius 2 is 1.63 bits per heavy atom. The van der Waals surface area contributed by atoms with E-state index in [-0.39, 0.29) is 16.4 Å². The number of amides is 2. The number of carbonyl (C=O) groups is 3. The summed E-state index contributed by atoms with van der Waals surface area (Å²) in [6, 6.07) is 19.2. The number of esters is 1. The lowest BCUT2D eigenvalue weighted by Crippen LogP contribution is -2.32. The Morgan fingerprint density at radius 3 is 2.26 bits per heavy atom. The molecule has 2 N–H and O–H groups in total. The Bertz CT molecular complexity index is 1220. The minimum Gasteiger partial charge on any atom is -0.508 e. The van der Waals surface area contributed by atoms with Gasteiger partial charge in [-0.2, -0.15) is 0 Å². The fourth-order valence-corrected chi connectivity index (χ4v) is 4.34. The van der Waals surface area contributed by atoms with Gasteiger partial charge in [-0.05, 0) is 79.2 Å². The maximum Gasteiger partial charge on any atom is 0.338 e. The van der Waals surface area contributed by atoms with Crippen LogP contribution in [-0.2, 0) is 14.3 Å². The average molecular weight is 509 g/mol. The quantitative estimate of drug-likeness (QED) is 0.232. The summed E-state index contributed by atoms with van der Waals surface area (Å²) in [5.74, 6) is -1.43. The molecule has 1 aliphatic rings. The first kappa shape index (κ1) is 24.4. The summed E-state index contributed by atoms with van der Waals surface area (Å²) < 4.78 is 5.13. The largest absolute Gasteiger partial charge is 0.508 e. The van der Waals surface area contributed by atoms with Crippen molar-refractivity contribution in [2.24, 2.45) is 0 Å². The normalized spacial score (nSPS) is 13.4. The van der Waals surface area contributed by atoms with Crippen LogP contribution in [0.2, 0.25) is 5.02 Å². The van der Waals surface area contributed by atoms with Crippen LogP contribution in [-0.4, -0.2) is 29.5 Å². The highest BCUT2D eigenvalue weighted by molar-refractivity contribution is 8.04. The molecule has 1 aliphatic heterocycles. The van der Waals surface area contributed by atoms with Crippen LogP contribution in [0.4, 0.5) is 11.4 Å². The predicted octanol–water partition coefficient (Wildman–Crippen LogP) is 5.60. The van der Waals surface area contributed by atoms with Gasteiger partial charge in [0, 0.05) is 15.6 Å². The first-order valence-electron chi connectivity index (χ1n) is 10.8. The number of thioether (sulfide) groups is 1. The number of benzene rings is 3. The van der Waals surface area contributed by atoms with Crippen LogP contribution in [0.5, 0.6) is 5.75 Å². The molecule has 4 rings (SSSR count). The molecule has 9 heteroatoms. The van der Waals surface area contributed by atoms with Crippen molar-refractivity contribution in [1.29, 1.82) is 0 Å². The Hall–Kier alpha value is -3.75. The molecule has 178 valence electrons. The second-order valence-corrected chi connectivity index (χ2v) is 9.08. The van der Waals surface area contributed by atoms with Gasteiger partial charge in [-0.1, -0.05) is 30.3 Å². The number of halogens is 1. The van der Waals surface area contributed by atoms with Crippen molar-refractivity contribution in [2.75, 3.05) is 16.8 Å². The fourth-order valence-electron chi connectivity index (χ4n) is 3.28. The lowest BCUT2D eigenvalue weighted by molar-refractivity contribution is -0.120. The van der Waals surface area contributed by atoms with E-state index in [4.69, 9.17) is 16.3 Å². The van der Waals surface area contributed by atoms with Crippen molar-refractivity contribution in [3.63, 3.8) is 0 Å². The number of phenols is 1. The molecule has 7 nitrogen and oxygen atoms in total. The van der Waals surface area contributed by atoms with E-state index in [9.17, 15) is 19.5 Å². The first-order chi connectivity index (χ1) is 16.9. The molecule has 3 aromatic carbocycles. The number of nitrogens with zero attached hydrogens (tertiary/aromatic N) is 1. The van der Waals surface area contributed by atoms with Crippen molar-refractivity contribution >= 4 is 52.5 Å². The Labute approximate surface area is 211 Å². The smallest absolute Gasteiger partial charge is 0.338 e. The summed E-state index contributed by atoms with van der Waals surface area (Å²) >= 11 is 7.12. The molecule has 0 fully saturated rings. The van der Waals surface area contributed by atoms with Crippen LogP contribution in [0.25, 0.3) is 0 Å².